The second-order valence-corrected chi connectivity index (χ2v) is 5.30. The first-order valence-corrected chi connectivity index (χ1v) is 7.10. The number of halogens is 2. The maximum absolute atomic E-state index is 12.4. The van der Waals surface area contributed by atoms with Crippen LogP contribution in [0.15, 0.2) is 24.3 Å². The number of alkyl halides is 2. The summed E-state index contributed by atoms with van der Waals surface area (Å²) in [6.07, 6.45) is -1.60. The van der Waals surface area contributed by atoms with Crippen LogP contribution in [0.1, 0.15) is 30.4 Å². The number of aliphatic carboxylic acids is 1. The summed E-state index contributed by atoms with van der Waals surface area (Å²) < 4.78 is 24.9. The standard InChI is InChI=1S/C15H18F2N2O3/c16-13(17)11-3-1-10(2-4-11)9-18-15(22)19-7-5-12(6-8-19)14(20)21/h1-4,12-13H,5-9H2,(H,18,22)(H,20,21). The van der Waals surface area contributed by atoms with Gasteiger partial charge in [0.1, 0.15) is 0 Å². The number of nitrogens with zero attached hydrogens (tertiary/aromatic N) is 1. The highest BCUT2D eigenvalue weighted by Crippen LogP contribution is 2.19. The Kier molecular flexibility index (Phi) is 5.30. The molecule has 1 fully saturated rings. The van der Waals surface area contributed by atoms with Crippen LogP contribution in [-0.4, -0.2) is 35.1 Å². The molecule has 1 aliphatic heterocycles. The van der Waals surface area contributed by atoms with Gasteiger partial charge in [0.05, 0.1) is 5.92 Å². The predicted molar refractivity (Wildman–Crippen MR) is 75.6 cm³/mol. The molecule has 0 aromatic heterocycles. The van der Waals surface area contributed by atoms with Crippen LogP contribution in [0.5, 0.6) is 0 Å². The molecule has 0 aliphatic carbocycles. The number of rotatable bonds is 4. The SMILES string of the molecule is O=C(O)C1CCN(C(=O)NCc2ccc(C(F)F)cc2)CC1. The Morgan fingerprint density at radius 3 is 2.32 bits per heavy atom. The molecule has 2 rings (SSSR count). The molecule has 0 atom stereocenters. The number of carboxylic acids is 1. The van der Waals surface area contributed by atoms with Crippen molar-refractivity contribution in [2.24, 2.45) is 5.92 Å². The largest absolute Gasteiger partial charge is 0.481 e. The zero-order valence-electron chi connectivity index (χ0n) is 12.0. The van der Waals surface area contributed by atoms with Crippen LogP contribution in [0.3, 0.4) is 0 Å². The minimum absolute atomic E-state index is 0.0502. The van der Waals surface area contributed by atoms with E-state index in [1.165, 1.54) is 12.1 Å². The number of amides is 2. The van der Waals surface area contributed by atoms with E-state index < -0.39 is 12.4 Å². The summed E-state index contributed by atoms with van der Waals surface area (Å²) in [4.78, 5) is 24.4. The van der Waals surface area contributed by atoms with Gasteiger partial charge in [0, 0.05) is 25.2 Å². The fraction of sp³-hybridized carbons (Fsp3) is 0.467. The van der Waals surface area contributed by atoms with Gasteiger partial charge in [-0.3, -0.25) is 4.79 Å². The van der Waals surface area contributed by atoms with Crippen molar-refractivity contribution in [3.8, 4) is 0 Å². The van der Waals surface area contributed by atoms with Crippen LogP contribution in [-0.2, 0) is 11.3 Å². The number of carbonyl (C=O) groups is 2. The summed E-state index contributed by atoms with van der Waals surface area (Å²) in [7, 11) is 0. The minimum atomic E-state index is -2.50. The average Bonchev–Trinajstić information content (AvgIpc) is 2.53. The summed E-state index contributed by atoms with van der Waals surface area (Å²) in [6, 6.07) is 5.52. The quantitative estimate of drug-likeness (QED) is 0.898. The van der Waals surface area contributed by atoms with Crippen molar-refractivity contribution in [2.75, 3.05) is 13.1 Å². The minimum Gasteiger partial charge on any atom is -0.481 e. The second-order valence-electron chi connectivity index (χ2n) is 5.30. The van der Waals surface area contributed by atoms with Crippen molar-refractivity contribution < 1.29 is 23.5 Å². The number of hydrogen-bond donors (Lipinski definition) is 2. The highest BCUT2D eigenvalue weighted by atomic mass is 19.3. The molecule has 22 heavy (non-hydrogen) atoms. The smallest absolute Gasteiger partial charge is 0.317 e. The van der Waals surface area contributed by atoms with Gasteiger partial charge >= 0.3 is 12.0 Å². The van der Waals surface area contributed by atoms with Gasteiger partial charge in [-0.25, -0.2) is 13.6 Å². The normalized spacial score (nSPS) is 15.9. The molecule has 0 spiro atoms. The topological polar surface area (TPSA) is 69.6 Å². The molecule has 0 radical (unpaired) electrons. The molecule has 120 valence electrons. The Morgan fingerprint density at radius 1 is 1.23 bits per heavy atom. The summed E-state index contributed by atoms with van der Waals surface area (Å²) in [5.74, 6) is -1.20. The number of nitrogens with one attached hydrogen (secondary N) is 1. The zero-order chi connectivity index (χ0) is 16.1. The Balaban J connectivity index is 1.79. The second kappa shape index (κ2) is 7.20. The molecular weight excluding hydrogens is 294 g/mol. The number of likely N-dealkylation sites (tertiary alicyclic amines) is 1. The van der Waals surface area contributed by atoms with Gasteiger partial charge in [0.25, 0.3) is 6.43 Å². The van der Waals surface area contributed by atoms with Gasteiger partial charge in [-0.05, 0) is 18.4 Å². The van der Waals surface area contributed by atoms with Crippen LogP contribution >= 0.6 is 0 Å². The van der Waals surface area contributed by atoms with Crippen LogP contribution < -0.4 is 5.32 Å². The number of urea groups is 1. The van der Waals surface area contributed by atoms with E-state index in [0.29, 0.717) is 25.9 Å². The van der Waals surface area contributed by atoms with E-state index in [1.54, 1.807) is 17.0 Å². The van der Waals surface area contributed by atoms with Crippen LogP contribution in [0, 0.1) is 5.92 Å². The summed E-state index contributed by atoms with van der Waals surface area (Å²) in [5.41, 5.74) is 0.684. The monoisotopic (exact) mass is 312 g/mol. The van der Waals surface area contributed by atoms with E-state index in [0.717, 1.165) is 5.56 Å². The van der Waals surface area contributed by atoms with Crippen molar-refractivity contribution in [1.29, 1.82) is 0 Å². The van der Waals surface area contributed by atoms with Crippen molar-refractivity contribution >= 4 is 12.0 Å². The Bertz CT molecular complexity index is 526. The lowest BCUT2D eigenvalue weighted by Crippen LogP contribution is -2.45. The van der Waals surface area contributed by atoms with E-state index in [1.807, 2.05) is 0 Å². The lowest BCUT2D eigenvalue weighted by Gasteiger charge is -2.30. The highest BCUT2D eigenvalue weighted by Gasteiger charge is 2.26. The van der Waals surface area contributed by atoms with Gasteiger partial charge in [-0.2, -0.15) is 0 Å². The van der Waals surface area contributed by atoms with Crippen molar-refractivity contribution in [3.63, 3.8) is 0 Å². The molecule has 5 nitrogen and oxygen atoms in total. The summed E-state index contributed by atoms with van der Waals surface area (Å²) in [6.45, 7) is 1.07. The molecule has 2 N–H and O–H groups in total. The first kappa shape index (κ1) is 16.2. The van der Waals surface area contributed by atoms with E-state index in [4.69, 9.17) is 5.11 Å². The number of carbonyl (C=O) groups excluding carboxylic acids is 1. The molecule has 1 aromatic rings. The number of hydrogen-bond acceptors (Lipinski definition) is 2. The maximum atomic E-state index is 12.4. The fourth-order valence-corrected chi connectivity index (χ4v) is 2.40. The first-order chi connectivity index (χ1) is 10.5. The average molecular weight is 312 g/mol. The van der Waals surface area contributed by atoms with Gasteiger partial charge in [-0.1, -0.05) is 24.3 Å². The summed E-state index contributed by atoms with van der Waals surface area (Å²) >= 11 is 0. The Labute approximate surface area is 126 Å². The van der Waals surface area contributed by atoms with Crippen molar-refractivity contribution in [1.82, 2.24) is 10.2 Å². The maximum Gasteiger partial charge on any atom is 0.317 e. The van der Waals surface area contributed by atoms with Crippen molar-refractivity contribution in [3.05, 3.63) is 35.4 Å². The first-order valence-electron chi connectivity index (χ1n) is 7.10. The molecule has 1 saturated heterocycles. The molecule has 0 bridgehead atoms. The van der Waals surface area contributed by atoms with Gasteiger partial charge < -0.3 is 15.3 Å². The molecule has 1 heterocycles. The van der Waals surface area contributed by atoms with E-state index in [9.17, 15) is 18.4 Å². The van der Waals surface area contributed by atoms with Gasteiger partial charge in [-0.15, -0.1) is 0 Å². The Morgan fingerprint density at radius 2 is 1.82 bits per heavy atom. The third-order valence-corrected chi connectivity index (χ3v) is 3.81. The Hall–Kier alpha value is -2.18. The number of benzene rings is 1. The zero-order valence-corrected chi connectivity index (χ0v) is 12.0. The fourth-order valence-electron chi connectivity index (χ4n) is 2.40. The number of piperidine rings is 1. The third kappa shape index (κ3) is 4.16. The van der Waals surface area contributed by atoms with Crippen molar-refractivity contribution in [2.45, 2.75) is 25.8 Å². The van der Waals surface area contributed by atoms with E-state index in [2.05, 4.69) is 5.32 Å². The molecule has 2 amide bonds. The molecule has 0 unspecified atom stereocenters. The van der Waals surface area contributed by atoms with E-state index >= 15 is 0 Å². The van der Waals surface area contributed by atoms with E-state index in [-0.39, 0.29) is 24.1 Å². The van der Waals surface area contributed by atoms with Gasteiger partial charge in [0.2, 0.25) is 0 Å². The highest BCUT2D eigenvalue weighted by molar-refractivity contribution is 5.75. The lowest BCUT2D eigenvalue weighted by molar-refractivity contribution is -0.143. The molecular formula is C15H18F2N2O3. The van der Waals surface area contributed by atoms with Gasteiger partial charge in [0.15, 0.2) is 0 Å². The third-order valence-electron chi connectivity index (χ3n) is 3.81. The molecule has 1 aliphatic rings. The lowest BCUT2D eigenvalue weighted by atomic mass is 9.97. The summed E-state index contributed by atoms with van der Waals surface area (Å²) in [5, 5.41) is 11.6. The van der Waals surface area contributed by atoms with Crippen LogP contribution in [0.2, 0.25) is 0 Å². The molecule has 0 saturated carbocycles. The predicted octanol–water partition coefficient (Wildman–Crippen LogP) is 2.63. The van der Waals surface area contributed by atoms with Crippen LogP contribution in [0.4, 0.5) is 13.6 Å². The molecule has 1 aromatic carbocycles. The molecule has 7 heteroatoms. The van der Waals surface area contributed by atoms with Crippen LogP contribution in [0.25, 0.3) is 0 Å². The number of carboxylic acid groups (broad SMARTS) is 1.